The molecule has 11 heteroatoms. The number of aromatic amines is 1. The minimum atomic E-state index is -0.669. The summed E-state index contributed by atoms with van der Waals surface area (Å²) in [7, 11) is 0. The number of piperazine rings is 1. The molecule has 44 heavy (non-hydrogen) atoms. The molecule has 0 unspecified atom stereocenters. The van der Waals surface area contributed by atoms with Gasteiger partial charge in [0.25, 0.3) is 0 Å². The number of nitrogens with one attached hydrogen (secondary N) is 1. The minimum absolute atomic E-state index is 0.0743. The summed E-state index contributed by atoms with van der Waals surface area (Å²) in [5.41, 5.74) is 3.15. The first-order valence-electron chi connectivity index (χ1n) is 14.8. The smallest absolute Gasteiger partial charge is 0.410 e. The molecule has 3 heterocycles. The van der Waals surface area contributed by atoms with E-state index >= 15 is 0 Å². The molecule has 5 rings (SSSR count). The number of hydrogen-bond acceptors (Lipinski definition) is 6. The van der Waals surface area contributed by atoms with E-state index in [4.69, 9.17) is 16.3 Å². The first kappa shape index (κ1) is 31.3. The zero-order valence-electron chi connectivity index (χ0n) is 25.7. The lowest BCUT2D eigenvalue weighted by atomic mass is 9.95. The zero-order chi connectivity index (χ0) is 31.6. The normalized spacial score (nSPS) is 14.6. The Labute approximate surface area is 261 Å². The van der Waals surface area contributed by atoms with Gasteiger partial charge in [-0.15, -0.1) is 0 Å². The van der Waals surface area contributed by atoms with Gasteiger partial charge >= 0.3 is 6.09 Å². The molecular weight excluding hydrogens is 583 g/mol. The fourth-order valence-corrected chi connectivity index (χ4v) is 5.63. The van der Waals surface area contributed by atoms with Gasteiger partial charge in [0, 0.05) is 55.5 Å². The number of benzene rings is 2. The number of carbonyl (C=O) groups is 2. The van der Waals surface area contributed by atoms with E-state index in [0.29, 0.717) is 42.4 Å². The van der Waals surface area contributed by atoms with Gasteiger partial charge in [-0.05, 0) is 70.0 Å². The Kier molecular flexibility index (Phi) is 9.10. The van der Waals surface area contributed by atoms with Crippen molar-refractivity contribution in [2.24, 2.45) is 0 Å². The number of pyridine rings is 1. The summed E-state index contributed by atoms with van der Waals surface area (Å²) in [6.07, 6.45) is 3.00. The van der Waals surface area contributed by atoms with Crippen molar-refractivity contribution in [3.63, 3.8) is 0 Å². The number of rotatable bonds is 7. The van der Waals surface area contributed by atoms with E-state index in [-0.39, 0.29) is 24.3 Å². The number of ether oxygens (including phenoxy) is 1. The van der Waals surface area contributed by atoms with Crippen LogP contribution in [0.15, 0.2) is 60.9 Å². The lowest BCUT2D eigenvalue weighted by molar-refractivity contribution is -0.133. The Hall–Kier alpha value is -4.18. The fourth-order valence-electron chi connectivity index (χ4n) is 5.50. The molecule has 0 spiro atoms. The predicted molar refractivity (Wildman–Crippen MR) is 170 cm³/mol. The van der Waals surface area contributed by atoms with Crippen LogP contribution in [0.5, 0.6) is 0 Å². The Morgan fingerprint density at radius 1 is 1.07 bits per heavy atom. The summed E-state index contributed by atoms with van der Waals surface area (Å²) < 4.78 is 19.9. The monoisotopic (exact) mass is 620 g/mol. The van der Waals surface area contributed by atoms with Crippen molar-refractivity contribution in [3.05, 3.63) is 77.3 Å². The van der Waals surface area contributed by atoms with Crippen molar-refractivity contribution >= 4 is 40.3 Å². The van der Waals surface area contributed by atoms with Crippen LogP contribution in [0.4, 0.5) is 14.9 Å². The van der Waals surface area contributed by atoms with E-state index < -0.39 is 17.6 Å². The van der Waals surface area contributed by atoms with Crippen molar-refractivity contribution < 1.29 is 18.7 Å². The maximum absolute atomic E-state index is 14.2. The third-order valence-electron chi connectivity index (χ3n) is 7.70. The summed E-state index contributed by atoms with van der Waals surface area (Å²) in [5.74, 6) is -1.01. The zero-order valence-corrected chi connectivity index (χ0v) is 26.4. The van der Waals surface area contributed by atoms with Crippen LogP contribution < -0.4 is 4.90 Å². The third kappa shape index (κ3) is 6.96. The second-order valence-electron chi connectivity index (χ2n) is 12.3. The lowest BCUT2D eigenvalue weighted by Crippen LogP contribution is -2.52. The van der Waals surface area contributed by atoms with Crippen LogP contribution in [0, 0.1) is 5.82 Å². The van der Waals surface area contributed by atoms with Gasteiger partial charge in [0.2, 0.25) is 5.91 Å². The van der Waals surface area contributed by atoms with Crippen LogP contribution >= 0.6 is 11.6 Å². The van der Waals surface area contributed by atoms with Crippen molar-refractivity contribution in [1.82, 2.24) is 25.0 Å². The van der Waals surface area contributed by atoms with Crippen molar-refractivity contribution in [2.75, 3.05) is 37.6 Å². The second-order valence-corrected chi connectivity index (χ2v) is 12.7. The SMILES string of the molecule is CC(C)N(C[C@@H](C(=O)N1CCN(c2c(-c3cccc(F)c3)cnc3[nH]ncc23)CC1)c1ccc(Cl)cc1)C(=O)OC(C)(C)C. The molecule has 0 radical (unpaired) electrons. The topological polar surface area (TPSA) is 94.7 Å². The molecule has 1 aliphatic heterocycles. The molecule has 0 bridgehead atoms. The van der Waals surface area contributed by atoms with Crippen LogP contribution in [0.3, 0.4) is 0 Å². The van der Waals surface area contributed by atoms with Gasteiger partial charge in [-0.3, -0.25) is 9.89 Å². The van der Waals surface area contributed by atoms with Crippen molar-refractivity contribution in [1.29, 1.82) is 0 Å². The first-order chi connectivity index (χ1) is 20.9. The minimum Gasteiger partial charge on any atom is -0.444 e. The van der Waals surface area contributed by atoms with E-state index in [2.05, 4.69) is 20.1 Å². The highest BCUT2D eigenvalue weighted by molar-refractivity contribution is 6.30. The summed E-state index contributed by atoms with van der Waals surface area (Å²) in [5, 5.41) is 8.51. The first-order valence-corrected chi connectivity index (χ1v) is 15.2. The number of amides is 2. The number of halogens is 2. The van der Waals surface area contributed by atoms with Gasteiger partial charge in [0.15, 0.2) is 5.65 Å². The van der Waals surface area contributed by atoms with E-state index in [0.717, 1.165) is 22.2 Å². The molecule has 1 fully saturated rings. The highest BCUT2D eigenvalue weighted by atomic mass is 35.5. The number of nitrogens with zero attached hydrogens (tertiary/aromatic N) is 5. The number of aromatic nitrogens is 3. The van der Waals surface area contributed by atoms with Crippen molar-refractivity contribution in [3.8, 4) is 11.1 Å². The Bertz CT molecular complexity index is 1630. The lowest BCUT2D eigenvalue weighted by Gasteiger charge is -2.39. The quantitative estimate of drug-likeness (QED) is 0.254. The van der Waals surface area contributed by atoms with Gasteiger partial charge in [0.1, 0.15) is 11.4 Å². The van der Waals surface area contributed by atoms with Crippen LogP contribution in [-0.2, 0) is 9.53 Å². The Morgan fingerprint density at radius 2 is 1.77 bits per heavy atom. The third-order valence-corrected chi connectivity index (χ3v) is 7.95. The molecular formula is C33H38ClFN6O3. The maximum atomic E-state index is 14.2. The highest BCUT2D eigenvalue weighted by Gasteiger charge is 2.34. The molecule has 2 amide bonds. The van der Waals surface area contributed by atoms with Crippen LogP contribution in [0.2, 0.25) is 5.02 Å². The predicted octanol–water partition coefficient (Wildman–Crippen LogP) is 6.50. The van der Waals surface area contributed by atoms with Crippen LogP contribution in [0.25, 0.3) is 22.2 Å². The summed E-state index contributed by atoms with van der Waals surface area (Å²) >= 11 is 6.18. The van der Waals surface area contributed by atoms with Gasteiger partial charge in [0.05, 0.1) is 23.2 Å². The van der Waals surface area contributed by atoms with Gasteiger partial charge < -0.3 is 19.4 Å². The highest BCUT2D eigenvalue weighted by Crippen LogP contribution is 2.37. The molecule has 2 aromatic heterocycles. The fraction of sp³-hybridized carbons (Fsp3) is 0.394. The number of anilines is 1. The molecule has 0 aliphatic carbocycles. The van der Waals surface area contributed by atoms with E-state index in [1.54, 1.807) is 35.5 Å². The molecule has 0 saturated carbocycles. The molecule has 1 saturated heterocycles. The van der Waals surface area contributed by atoms with Gasteiger partial charge in [-0.2, -0.15) is 5.10 Å². The van der Waals surface area contributed by atoms with Gasteiger partial charge in [-0.1, -0.05) is 35.9 Å². The van der Waals surface area contributed by atoms with E-state index in [1.165, 1.54) is 12.1 Å². The number of carbonyl (C=O) groups excluding carboxylic acids is 2. The molecule has 4 aromatic rings. The Balaban J connectivity index is 1.40. The molecule has 1 N–H and O–H groups in total. The summed E-state index contributed by atoms with van der Waals surface area (Å²) in [6, 6.07) is 13.5. The number of hydrogen-bond donors (Lipinski definition) is 1. The van der Waals surface area contributed by atoms with Crippen LogP contribution in [0.1, 0.15) is 46.1 Å². The standard InChI is InChI=1S/C33H38ClFN6O3/c1-21(2)41(32(43)44-33(3,4)5)20-28(22-9-11-24(34)12-10-22)31(42)40-15-13-39(14-16-40)29-26(23-7-6-8-25(35)17-23)18-36-30-27(29)19-37-38-30/h6-12,17-19,21,28H,13-16,20H2,1-5H3,(H,36,37,38)/t28-/m1/s1. The van der Waals surface area contributed by atoms with Gasteiger partial charge in [-0.25, -0.2) is 14.2 Å². The average Bonchev–Trinajstić information content (AvgIpc) is 3.45. The second kappa shape index (κ2) is 12.8. The average molecular weight is 621 g/mol. The summed E-state index contributed by atoms with van der Waals surface area (Å²) in [6.45, 7) is 11.5. The van der Waals surface area contributed by atoms with Crippen molar-refractivity contribution in [2.45, 2.75) is 52.2 Å². The molecule has 1 atom stereocenters. The number of fused-ring (bicyclic) bond motifs is 1. The number of H-pyrrole nitrogens is 1. The molecule has 1 aliphatic rings. The van der Waals surface area contributed by atoms with E-state index in [9.17, 15) is 14.0 Å². The molecule has 9 nitrogen and oxygen atoms in total. The molecule has 232 valence electrons. The maximum Gasteiger partial charge on any atom is 0.410 e. The largest absolute Gasteiger partial charge is 0.444 e. The van der Waals surface area contributed by atoms with Crippen LogP contribution in [-0.4, -0.2) is 81.3 Å². The summed E-state index contributed by atoms with van der Waals surface area (Å²) in [4.78, 5) is 37.6. The molecule has 2 aromatic carbocycles. The Morgan fingerprint density at radius 3 is 2.41 bits per heavy atom. The van der Waals surface area contributed by atoms with E-state index in [1.807, 2.05) is 57.7 Å².